The van der Waals surface area contributed by atoms with E-state index >= 15 is 0 Å². The molecule has 0 spiro atoms. The highest BCUT2D eigenvalue weighted by Gasteiger charge is 2.23. The summed E-state index contributed by atoms with van der Waals surface area (Å²) in [4.78, 5) is 40.7. The van der Waals surface area contributed by atoms with Gasteiger partial charge >= 0.3 is 5.97 Å². The molecule has 0 aliphatic heterocycles. The highest BCUT2D eigenvalue weighted by atomic mass is 19.1. The van der Waals surface area contributed by atoms with Crippen molar-refractivity contribution in [2.75, 3.05) is 19.0 Å². The van der Waals surface area contributed by atoms with Crippen molar-refractivity contribution >= 4 is 34.3 Å². The lowest BCUT2D eigenvalue weighted by Gasteiger charge is -2.14. The minimum absolute atomic E-state index is 0.147. The van der Waals surface area contributed by atoms with E-state index in [0.29, 0.717) is 11.3 Å². The van der Waals surface area contributed by atoms with Gasteiger partial charge in [-0.25, -0.2) is 9.18 Å². The van der Waals surface area contributed by atoms with Crippen LogP contribution < -0.4 is 14.8 Å². The number of anilines is 1. The number of carbonyl (C=O) groups excluding carboxylic acids is 3. The number of carbonyl (C=O) groups is 3. The van der Waals surface area contributed by atoms with E-state index in [-0.39, 0.29) is 29.5 Å². The number of aromatic amines is 1. The smallest absolute Gasteiger partial charge is 0.338 e. The van der Waals surface area contributed by atoms with Crippen molar-refractivity contribution in [1.82, 2.24) is 4.98 Å². The molecule has 3 aromatic carbocycles. The molecule has 0 aliphatic rings. The van der Waals surface area contributed by atoms with Crippen LogP contribution in [0, 0.1) is 5.82 Å². The minimum atomic E-state index is -1.02. The molecule has 0 radical (unpaired) electrons. The second-order valence-electron chi connectivity index (χ2n) is 7.87. The Morgan fingerprint density at radius 3 is 2.50 bits per heavy atom. The van der Waals surface area contributed by atoms with Gasteiger partial charge in [0.05, 0.1) is 12.7 Å². The number of ketones is 1. The molecule has 1 amide bonds. The molecule has 36 heavy (non-hydrogen) atoms. The van der Waals surface area contributed by atoms with Crippen molar-refractivity contribution in [2.24, 2.45) is 0 Å². The van der Waals surface area contributed by atoms with E-state index in [1.54, 1.807) is 6.20 Å². The van der Waals surface area contributed by atoms with E-state index in [0.717, 1.165) is 10.9 Å². The van der Waals surface area contributed by atoms with Crippen molar-refractivity contribution in [3.63, 3.8) is 0 Å². The van der Waals surface area contributed by atoms with Crippen molar-refractivity contribution in [3.8, 4) is 11.5 Å². The number of para-hydroxylation sites is 1. The molecule has 0 unspecified atom stereocenters. The van der Waals surface area contributed by atoms with Crippen LogP contribution in [0.1, 0.15) is 27.6 Å². The number of nitrogens with one attached hydrogen (secondary N) is 2. The Kier molecular flexibility index (Phi) is 7.29. The maximum Gasteiger partial charge on any atom is 0.338 e. The van der Waals surface area contributed by atoms with Gasteiger partial charge in [0.25, 0.3) is 5.91 Å². The standard InChI is InChI=1S/C27H23FN2O6/c1-16(26(32)21-14-29-22-6-4-3-5-20(21)22)36-27(33)17-7-12-23(24(13-17)34-2)35-15-25(31)30-19-10-8-18(28)9-11-19/h3-14,16,29H,15H2,1-2H3,(H,30,31)/t16-/m1/s1. The number of rotatable bonds is 9. The van der Waals surface area contributed by atoms with Gasteiger partial charge in [0, 0.05) is 28.4 Å². The zero-order valence-electron chi connectivity index (χ0n) is 19.5. The monoisotopic (exact) mass is 490 g/mol. The molecule has 184 valence electrons. The summed E-state index contributed by atoms with van der Waals surface area (Å²) < 4.78 is 29.2. The van der Waals surface area contributed by atoms with Crippen LogP contribution in [0.3, 0.4) is 0 Å². The minimum Gasteiger partial charge on any atom is -0.493 e. The molecule has 2 N–H and O–H groups in total. The SMILES string of the molecule is COc1cc(C(=O)O[C@H](C)C(=O)c2c[nH]c3ccccc23)ccc1OCC(=O)Nc1ccc(F)cc1. The van der Waals surface area contributed by atoms with Crippen LogP contribution in [-0.2, 0) is 9.53 Å². The number of fused-ring (bicyclic) bond motifs is 1. The number of aromatic nitrogens is 1. The molecule has 1 atom stereocenters. The molecule has 4 rings (SSSR count). The summed E-state index contributed by atoms with van der Waals surface area (Å²) in [6, 6.07) is 17.0. The van der Waals surface area contributed by atoms with Gasteiger partial charge in [-0.1, -0.05) is 18.2 Å². The fourth-order valence-corrected chi connectivity index (χ4v) is 3.56. The summed E-state index contributed by atoms with van der Waals surface area (Å²) in [6.07, 6.45) is 0.576. The van der Waals surface area contributed by atoms with E-state index in [1.807, 2.05) is 24.3 Å². The van der Waals surface area contributed by atoms with Crippen molar-refractivity contribution in [3.05, 3.63) is 89.9 Å². The third-order valence-corrected chi connectivity index (χ3v) is 5.39. The summed E-state index contributed by atoms with van der Waals surface area (Å²) in [5.74, 6) is -1.49. The molecule has 1 aromatic heterocycles. The predicted molar refractivity (Wildman–Crippen MR) is 131 cm³/mol. The average Bonchev–Trinajstić information content (AvgIpc) is 3.32. The van der Waals surface area contributed by atoms with Gasteiger partial charge in [-0.15, -0.1) is 0 Å². The Morgan fingerprint density at radius 1 is 1.00 bits per heavy atom. The number of H-pyrrole nitrogens is 1. The summed E-state index contributed by atoms with van der Waals surface area (Å²) in [5, 5.41) is 3.33. The molecule has 1 heterocycles. The van der Waals surface area contributed by atoms with E-state index in [4.69, 9.17) is 14.2 Å². The fraction of sp³-hybridized carbons (Fsp3) is 0.148. The van der Waals surface area contributed by atoms with Gasteiger partial charge in [-0.2, -0.15) is 0 Å². The number of halogens is 1. The largest absolute Gasteiger partial charge is 0.493 e. The highest BCUT2D eigenvalue weighted by Crippen LogP contribution is 2.29. The van der Waals surface area contributed by atoms with Crippen LogP contribution in [0.15, 0.2) is 72.9 Å². The first kappa shape index (κ1) is 24.5. The lowest BCUT2D eigenvalue weighted by Crippen LogP contribution is -2.24. The van der Waals surface area contributed by atoms with E-state index in [9.17, 15) is 18.8 Å². The summed E-state index contributed by atoms with van der Waals surface area (Å²) in [7, 11) is 1.39. The second-order valence-corrected chi connectivity index (χ2v) is 7.87. The summed E-state index contributed by atoms with van der Waals surface area (Å²) in [5.41, 5.74) is 1.82. The second kappa shape index (κ2) is 10.7. The zero-order chi connectivity index (χ0) is 25.7. The Labute approximate surface area is 206 Å². The number of hydrogen-bond donors (Lipinski definition) is 2. The highest BCUT2D eigenvalue weighted by molar-refractivity contribution is 6.10. The van der Waals surface area contributed by atoms with Crippen LogP contribution in [0.4, 0.5) is 10.1 Å². The maximum atomic E-state index is 13.0. The molecule has 0 bridgehead atoms. The Bertz CT molecular complexity index is 1410. The van der Waals surface area contributed by atoms with Crippen molar-refractivity contribution < 1.29 is 33.0 Å². The molecule has 9 heteroatoms. The van der Waals surface area contributed by atoms with Crippen molar-refractivity contribution in [2.45, 2.75) is 13.0 Å². The number of methoxy groups -OCH3 is 1. The molecular formula is C27H23FN2O6. The van der Waals surface area contributed by atoms with E-state index in [2.05, 4.69) is 10.3 Å². The topological polar surface area (TPSA) is 107 Å². The van der Waals surface area contributed by atoms with Crippen LogP contribution >= 0.6 is 0 Å². The first-order chi connectivity index (χ1) is 17.4. The van der Waals surface area contributed by atoms with E-state index < -0.39 is 23.8 Å². The third-order valence-electron chi connectivity index (χ3n) is 5.39. The Hall–Kier alpha value is -4.66. The molecular weight excluding hydrogens is 467 g/mol. The van der Waals surface area contributed by atoms with Gasteiger partial charge in [0.15, 0.2) is 24.2 Å². The van der Waals surface area contributed by atoms with Gasteiger partial charge in [0.2, 0.25) is 5.78 Å². The number of esters is 1. The normalized spacial score (nSPS) is 11.5. The van der Waals surface area contributed by atoms with Crippen LogP contribution in [0.25, 0.3) is 10.9 Å². The zero-order valence-corrected chi connectivity index (χ0v) is 19.5. The third kappa shape index (κ3) is 5.52. The molecule has 0 saturated heterocycles. The quantitative estimate of drug-likeness (QED) is 0.259. The molecule has 8 nitrogen and oxygen atoms in total. The molecule has 0 saturated carbocycles. The predicted octanol–water partition coefficient (Wildman–Crippen LogP) is 4.76. The van der Waals surface area contributed by atoms with Crippen LogP contribution in [0.5, 0.6) is 11.5 Å². The van der Waals surface area contributed by atoms with Crippen LogP contribution in [0.2, 0.25) is 0 Å². The van der Waals surface area contributed by atoms with Gasteiger partial charge < -0.3 is 24.5 Å². The number of amides is 1. The van der Waals surface area contributed by atoms with Gasteiger partial charge in [-0.05, 0) is 55.5 Å². The molecule has 0 fully saturated rings. The van der Waals surface area contributed by atoms with Gasteiger partial charge in [-0.3, -0.25) is 9.59 Å². The van der Waals surface area contributed by atoms with Gasteiger partial charge in [0.1, 0.15) is 5.82 Å². The van der Waals surface area contributed by atoms with E-state index in [1.165, 1.54) is 56.5 Å². The number of hydrogen-bond acceptors (Lipinski definition) is 6. The summed E-state index contributed by atoms with van der Waals surface area (Å²) >= 11 is 0. The molecule has 4 aromatic rings. The Morgan fingerprint density at radius 2 is 1.75 bits per heavy atom. The number of ether oxygens (including phenoxy) is 3. The summed E-state index contributed by atoms with van der Waals surface area (Å²) in [6.45, 7) is 1.17. The number of Topliss-reactive ketones (excluding diaryl/α,β-unsaturated/α-hetero) is 1. The first-order valence-corrected chi connectivity index (χ1v) is 11.0. The first-order valence-electron chi connectivity index (χ1n) is 11.0. The molecule has 0 aliphatic carbocycles. The fourth-order valence-electron chi connectivity index (χ4n) is 3.56. The van der Waals surface area contributed by atoms with Crippen LogP contribution in [-0.4, -0.2) is 42.5 Å². The number of benzene rings is 3. The lowest BCUT2D eigenvalue weighted by atomic mass is 10.1. The Balaban J connectivity index is 1.38. The van der Waals surface area contributed by atoms with Crippen molar-refractivity contribution in [1.29, 1.82) is 0 Å². The lowest BCUT2D eigenvalue weighted by molar-refractivity contribution is -0.118. The maximum absolute atomic E-state index is 13.0. The average molecular weight is 490 g/mol.